The van der Waals surface area contributed by atoms with Crippen molar-refractivity contribution in [3.63, 3.8) is 0 Å². The van der Waals surface area contributed by atoms with E-state index in [4.69, 9.17) is 5.73 Å². The van der Waals surface area contributed by atoms with Crippen LogP contribution in [0.4, 0.5) is 0 Å². The fourth-order valence-electron chi connectivity index (χ4n) is 4.82. The van der Waals surface area contributed by atoms with E-state index in [0.717, 1.165) is 45.2 Å². The molecule has 0 aromatic rings. The van der Waals surface area contributed by atoms with E-state index in [1.807, 2.05) is 4.90 Å². The van der Waals surface area contributed by atoms with E-state index in [-0.39, 0.29) is 48.1 Å². The smallest absolute Gasteiger partial charge is 0.227 e. The molecule has 4 aliphatic rings. The van der Waals surface area contributed by atoms with Gasteiger partial charge in [-0.15, -0.1) is 12.4 Å². The second-order valence-corrected chi connectivity index (χ2v) is 7.82. The number of fused-ring (bicyclic) bond motifs is 2. The molecule has 0 aromatic heterocycles. The molecule has 3 N–H and O–H groups in total. The van der Waals surface area contributed by atoms with Crippen LogP contribution in [0.5, 0.6) is 0 Å². The average molecular weight is 342 g/mol. The largest absolute Gasteiger partial charge is 0.353 e. The monoisotopic (exact) mass is 341 g/mol. The van der Waals surface area contributed by atoms with E-state index in [2.05, 4.69) is 5.32 Å². The zero-order valence-electron chi connectivity index (χ0n) is 13.6. The second kappa shape index (κ2) is 6.60. The van der Waals surface area contributed by atoms with Crippen LogP contribution in [0.25, 0.3) is 0 Å². The lowest BCUT2D eigenvalue weighted by Gasteiger charge is -2.37. The Hall–Kier alpha value is -0.810. The van der Waals surface area contributed by atoms with Crippen LogP contribution in [-0.4, -0.2) is 41.9 Å². The number of hydrogen-bond acceptors (Lipinski definition) is 3. The molecule has 3 aliphatic carbocycles. The summed E-state index contributed by atoms with van der Waals surface area (Å²) in [5.41, 5.74) is 6.30. The first-order valence-electron chi connectivity index (χ1n) is 8.98. The van der Waals surface area contributed by atoms with Crippen LogP contribution in [0, 0.1) is 23.7 Å². The van der Waals surface area contributed by atoms with Crippen LogP contribution >= 0.6 is 12.4 Å². The Balaban J connectivity index is 0.00000156. The lowest BCUT2D eigenvalue weighted by molar-refractivity contribution is -0.139. The Labute approximate surface area is 144 Å². The molecule has 0 radical (unpaired) electrons. The first kappa shape index (κ1) is 17.0. The molecule has 1 aliphatic heterocycles. The highest BCUT2D eigenvalue weighted by molar-refractivity contribution is 5.85. The van der Waals surface area contributed by atoms with Gasteiger partial charge in [-0.3, -0.25) is 9.59 Å². The fraction of sp³-hybridized carbons (Fsp3) is 0.882. The number of nitrogens with zero attached hydrogens (tertiary/aromatic N) is 1. The molecule has 4 rings (SSSR count). The van der Waals surface area contributed by atoms with Crippen molar-refractivity contribution < 1.29 is 9.59 Å². The van der Waals surface area contributed by atoms with Gasteiger partial charge in [0, 0.05) is 31.1 Å². The highest BCUT2D eigenvalue weighted by Crippen LogP contribution is 2.48. The van der Waals surface area contributed by atoms with Crippen LogP contribution in [0.1, 0.15) is 44.9 Å². The zero-order valence-corrected chi connectivity index (χ0v) is 14.4. The molecule has 0 spiro atoms. The van der Waals surface area contributed by atoms with Gasteiger partial charge in [0.2, 0.25) is 11.8 Å². The molecule has 23 heavy (non-hydrogen) atoms. The third-order valence-corrected chi connectivity index (χ3v) is 6.37. The summed E-state index contributed by atoms with van der Waals surface area (Å²) in [6.07, 6.45) is 7.43. The van der Waals surface area contributed by atoms with Gasteiger partial charge in [-0.2, -0.15) is 0 Å². The number of hydrogen-bond donors (Lipinski definition) is 2. The van der Waals surface area contributed by atoms with Crippen LogP contribution in [0.15, 0.2) is 0 Å². The summed E-state index contributed by atoms with van der Waals surface area (Å²) in [5.74, 6) is 1.95. The van der Waals surface area contributed by atoms with Crippen molar-refractivity contribution in [1.29, 1.82) is 0 Å². The number of nitrogens with one attached hydrogen (secondary N) is 1. The molecular weight excluding hydrogens is 314 g/mol. The van der Waals surface area contributed by atoms with Gasteiger partial charge in [0.1, 0.15) is 0 Å². The predicted molar refractivity (Wildman–Crippen MR) is 90.0 cm³/mol. The maximum absolute atomic E-state index is 12.8. The van der Waals surface area contributed by atoms with E-state index >= 15 is 0 Å². The van der Waals surface area contributed by atoms with Crippen LogP contribution in [0.2, 0.25) is 0 Å². The highest BCUT2D eigenvalue weighted by atomic mass is 35.5. The minimum atomic E-state index is 0. The third kappa shape index (κ3) is 3.22. The minimum Gasteiger partial charge on any atom is -0.353 e. The molecule has 2 amide bonds. The van der Waals surface area contributed by atoms with Gasteiger partial charge in [0.05, 0.1) is 5.92 Å². The topological polar surface area (TPSA) is 75.4 Å². The number of piperidine rings is 1. The summed E-state index contributed by atoms with van der Waals surface area (Å²) in [7, 11) is 0. The normalized spacial score (nSPS) is 36.7. The van der Waals surface area contributed by atoms with Crippen molar-refractivity contribution in [2.45, 2.75) is 57.0 Å². The lowest BCUT2D eigenvalue weighted by atomic mass is 9.83. The summed E-state index contributed by atoms with van der Waals surface area (Å²) >= 11 is 0. The first-order valence-corrected chi connectivity index (χ1v) is 8.98. The van der Waals surface area contributed by atoms with Gasteiger partial charge in [0.15, 0.2) is 0 Å². The molecule has 4 unspecified atom stereocenters. The number of likely N-dealkylation sites (tertiary alicyclic amines) is 1. The lowest BCUT2D eigenvalue weighted by Crippen LogP contribution is -2.52. The Morgan fingerprint density at radius 1 is 0.957 bits per heavy atom. The number of rotatable bonds is 3. The van der Waals surface area contributed by atoms with Gasteiger partial charge in [-0.25, -0.2) is 0 Å². The summed E-state index contributed by atoms with van der Waals surface area (Å²) in [6.45, 7) is 1.55. The van der Waals surface area contributed by atoms with E-state index in [1.54, 1.807) is 0 Å². The number of halogens is 1. The highest BCUT2D eigenvalue weighted by Gasteiger charge is 2.50. The first-order chi connectivity index (χ1) is 10.6. The molecule has 1 saturated heterocycles. The molecule has 5 nitrogen and oxygen atoms in total. The van der Waals surface area contributed by atoms with Crippen molar-refractivity contribution in [2.75, 3.05) is 13.1 Å². The van der Waals surface area contributed by atoms with Crippen molar-refractivity contribution in [2.24, 2.45) is 29.4 Å². The van der Waals surface area contributed by atoms with Crippen molar-refractivity contribution in [1.82, 2.24) is 10.2 Å². The van der Waals surface area contributed by atoms with Gasteiger partial charge in [-0.05, 0) is 56.8 Å². The Morgan fingerprint density at radius 2 is 1.61 bits per heavy atom. The second-order valence-electron chi connectivity index (χ2n) is 7.82. The molecule has 4 atom stereocenters. The maximum Gasteiger partial charge on any atom is 0.227 e. The number of carbonyl (C=O) groups excluding carboxylic acids is 2. The molecular formula is C17H28ClN3O2. The average Bonchev–Trinajstić information content (AvgIpc) is 3.20. The van der Waals surface area contributed by atoms with Gasteiger partial charge < -0.3 is 16.0 Å². The van der Waals surface area contributed by atoms with Crippen molar-refractivity contribution in [3.05, 3.63) is 0 Å². The minimum absolute atomic E-state index is 0. The molecule has 0 aromatic carbocycles. The van der Waals surface area contributed by atoms with Crippen LogP contribution in [-0.2, 0) is 9.59 Å². The summed E-state index contributed by atoms with van der Waals surface area (Å²) in [6, 6.07) is 0.337. The van der Waals surface area contributed by atoms with Crippen LogP contribution in [0.3, 0.4) is 0 Å². The SMILES string of the molecule is Cl.NC1C2CCC(C2)C1C(=O)N1CCC(NC(=O)C2CC2)CC1. The van der Waals surface area contributed by atoms with Crippen LogP contribution < -0.4 is 11.1 Å². The molecule has 3 saturated carbocycles. The third-order valence-electron chi connectivity index (χ3n) is 6.37. The number of carbonyl (C=O) groups is 2. The van der Waals surface area contributed by atoms with Gasteiger partial charge in [0.25, 0.3) is 0 Å². The summed E-state index contributed by atoms with van der Waals surface area (Å²) in [5, 5.41) is 3.14. The van der Waals surface area contributed by atoms with E-state index in [0.29, 0.717) is 11.8 Å². The summed E-state index contributed by atoms with van der Waals surface area (Å²) in [4.78, 5) is 26.6. The van der Waals surface area contributed by atoms with Crippen molar-refractivity contribution >= 4 is 24.2 Å². The fourth-order valence-corrected chi connectivity index (χ4v) is 4.82. The molecule has 130 valence electrons. The number of nitrogens with two attached hydrogens (primary N) is 1. The number of amides is 2. The Kier molecular flexibility index (Phi) is 4.88. The molecule has 4 fully saturated rings. The summed E-state index contributed by atoms with van der Waals surface area (Å²) < 4.78 is 0. The van der Waals surface area contributed by atoms with E-state index in [1.165, 1.54) is 12.8 Å². The quantitative estimate of drug-likeness (QED) is 0.812. The van der Waals surface area contributed by atoms with E-state index in [9.17, 15) is 9.59 Å². The van der Waals surface area contributed by atoms with Gasteiger partial charge in [-0.1, -0.05) is 0 Å². The molecule has 1 heterocycles. The predicted octanol–water partition coefficient (Wildman–Crippen LogP) is 1.30. The standard InChI is InChI=1S/C17H27N3O2.ClH/c18-15-12-4-3-11(9-12)14(15)17(22)20-7-5-13(6-8-20)19-16(21)10-1-2-10;/h10-15H,1-9,18H2,(H,19,21);1H. The zero-order chi connectivity index (χ0) is 15.3. The van der Waals surface area contributed by atoms with Crippen molar-refractivity contribution in [3.8, 4) is 0 Å². The van der Waals surface area contributed by atoms with Gasteiger partial charge >= 0.3 is 0 Å². The Bertz CT molecular complexity index is 472. The maximum atomic E-state index is 12.8. The molecule has 2 bridgehead atoms. The van der Waals surface area contributed by atoms with E-state index < -0.39 is 0 Å². The molecule has 6 heteroatoms. The Morgan fingerprint density at radius 3 is 2.17 bits per heavy atom.